The Hall–Kier alpha value is -1.69. The number of fused-ring (bicyclic) bond motifs is 1. The van der Waals surface area contributed by atoms with Gasteiger partial charge in [-0.3, -0.25) is 4.98 Å². The molecule has 6 nitrogen and oxygen atoms in total. The van der Waals surface area contributed by atoms with E-state index in [9.17, 15) is 4.79 Å². The maximum absolute atomic E-state index is 11.9. The van der Waals surface area contributed by atoms with Gasteiger partial charge >= 0.3 is 5.69 Å². The average Bonchev–Trinajstić information content (AvgIpc) is 2.62. The van der Waals surface area contributed by atoms with Crippen LogP contribution in [0.1, 0.15) is 27.2 Å². The van der Waals surface area contributed by atoms with Gasteiger partial charge in [-0.25, -0.2) is 13.9 Å². The molecule has 0 amide bonds. The molecule has 2 aromatic heterocycles. The zero-order valence-corrected chi connectivity index (χ0v) is 11.1. The second-order valence-electron chi connectivity index (χ2n) is 5.34. The van der Waals surface area contributed by atoms with Gasteiger partial charge in [-0.15, -0.1) is 5.10 Å². The molecule has 1 N–H and O–H groups in total. The van der Waals surface area contributed by atoms with Crippen LogP contribution in [0.15, 0.2) is 23.4 Å². The van der Waals surface area contributed by atoms with Crippen LogP contribution in [0.25, 0.3) is 5.65 Å². The maximum atomic E-state index is 11.9. The molecule has 0 atom stereocenters. The highest BCUT2D eigenvalue weighted by Crippen LogP contribution is 1.98. The predicted octanol–water partition coefficient (Wildman–Crippen LogP) is 0.669. The summed E-state index contributed by atoms with van der Waals surface area (Å²) in [6.07, 6.45) is 5.68. The first-order chi connectivity index (χ1) is 8.47. The van der Waals surface area contributed by atoms with Gasteiger partial charge in [-0.1, -0.05) is 0 Å². The van der Waals surface area contributed by atoms with Gasteiger partial charge in [-0.05, 0) is 33.7 Å². The van der Waals surface area contributed by atoms with E-state index >= 15 is 0 Å². The van der Waals surface area contributed by atoms with Crippen LogP contribution in [0.2, 0.25) is 0 Å². The van der Waals surface area contributed by atoms with Gasteiger partial charge in [0.1, 0.15) is 0 Å². The second kappa shape index (κ2) is 4.89. The summed E-state index contributed by atoms with van der Waals surface area (Å²) in [5.41, 5.74) is 0.586. The van der Waals surface area contributed by atoms with Crippen molar-refractivity contribution >= 4 is 5.65 Å². The highest BCUT2D eigenvalue weighted by Gasteiger charge is 2.09. The molecule has 2 heterocycles. The number of hydrogen-bond acceptors (Lipinski definition) is 4. The monoisotopic (exact) mass is 249 g/mol. The summed E-state index contributed by atoms with van der Waals surface area (Å²) in [5.74, 6) is 0. The van der Waals surface area contributed by atoms with E-state index < -0.39 is 0 Å². The van der Waals surface area contributed by atoms with Crippen molar-refractivity contribution in [3.05, 3.63) is 29.1 Å². The van der Waals surface area contributed by atoms with Gasteiger partial charge in [0.15, 0.2) is 5.65 Å². The third-order valence-corrected chi connectivity index (χ3v) is 2.59. The second-order valence-corrected chi connectivity index (χ2v) is 5.34. The molecule has 2 aromatic rings. The molecule has 0 spiro atoms. The fraction of sp³-hybridized carbons (Fsp3) is 0.583. The summed E-state index contributed by atoms with van der Waals surface area (Å²) < 4.78 is 2.99. The maximum Gasteiger partial charge on any atom is 0.350 e. The molecule has 0 aromatic carbocycles. The molecule has 18 heavy (non-hydrogen) atoms. The van der Waals surface area contributed by atoms with Crippen molar-refractivity contribution in [1.29, 1.82) is 0 Å². The molecule has 0 saturated carbocycles. The quantitative estimate of drug-likeness (QED) is 0.809. The Bertz CT molecular complexity index is 578. The molecule has 0 radical (unpaired) electrons. The minimum Gasteiger partial charge on any atom is -0.312 e. The summed E-state index contributed by atoms with van der Waals surface area (Å²) in [5, 5.41) is 7.61. The van der Waals surface area contributed by atoms with Crippen molar-refractivity contribution < 1.29 is 0 Å². The zero-order valence-electron chi connectivity index (χ0n) is 11.1. The van der Waals surface area contributed by atoms with Crippen LogP contribution in [0.5, 0.6) is 0 Å². The molecule has 0 unspecified atom stereocenters. The minimum absolute atomic E-state index is 0.105. The van der Waals surface area contributed by atoms with Crippen LogP contribution in [-0.4, -0.2) is 31.2 Å². The zero-order chi connectivity index (χ0) is 13.2. The highest BCUT2D eigenvalue weighted by atomic mass is 16.2. The molecule has 0 aliphatic carbocycles. The van der Waals surface area contributed by atoms with Crippen molar-refractivity contribution in [2.75, 3.05) is 6.54 Å². The van der Waals surface area contributed by atoms with Crippen LogP contribution in [0.4, 0.5) is 0 Å². The van der Waals surface area contributed by atoms with Gasteiger partial charge in [-0.2, -0.15) is 0 Å². The lowest BCUT2D eigenvalue weighted by molar-refractivity contribution is 0.407. The van der Waals surface area contributed by atoms with Gasteiger partial charge in [0, 0.05) is 24.5 Å². The standard InChI is InChI=1S/C12H19N5O/c1-12(2,3)14-5-4-7-17-11(18)16-8-6-13-9-10(16)15-17/h6,8-9,14H,4-5,7H2,1-3H3. The van der Waals surface area contributed by atoms with Crippen LogP contribution < -0.4 is 11.0 Å². The molecular weight excluding hydrogens is 230 g/mol. The van der Waals surface area contributed by atoms with Crippen molar-refractivity contribution in [2.24, 2.45) is 0 Å². The third kappa shape index (κ3) is 2.95. The summed E-state index contributed by atoms with van der Waals surface area (Å²) in [6.45, 7) is 7.84. The number of nitrogens with zero attached hydrogens (tertiary/aromatic N) is 4. The minimum atomic E-state index is -0.108. The summed E-state index contributed by atoms with van der Waals surface area (Å²) >= 11 is 0. The van der Waals surface area contributed by atoms with E-state index in [2.05, 4.69) is 36.2 Å². The Balaban J connectivity index is 2.00. The van der Waals surface area contributed by atoms with Crippen molar-refractivity contribution in [3.63, 3.8) is 0 Å². The van der Waals surface area contributed by atoms with Gasteiger partial charge in [0.05, 0.1) is 6.20 Å². The Morgan fingerprint density at radius 2 is 2.17 bits per heavy atom. The first-order valence-electron chi connectivity index (χ1n) is 6.11. The Morgan fingerprint density at radius 1 is 1.39 bits per heavy atom. The van der Waals surface area contributed by atoms with Crippen molar-refractivity contribution in [3.8, 4) is 0 Å². The van der Waals surface area contributed by atoms with Gasteiger partial charge < -0.3 is 5.32 Å². The largest absolute Gasteiger partial charge is 0.350 e. The van der Waals surface area contributed by atoms with E-state index in [1.807, 2.05) is 0 Å². The SMILES string of the molecule is CC(C)(C)NCCCn1nc2cnccn2c1=O. The van der Waals surface area contributed by atoms with Gasteiger partial charge in [0.25, 0.3) is 0 Å². The molecular formula is C12H19N5O. The van der Waals surface area contributed by atoms with Crippen LogP contribution >= 0.6 is 0 Å². The lowest BCUT2D eigenvalue weighted by Gasteiger charge is -2.20. The lowest BCUT2D eigenvalue weighted by atomic mass is 10.1. The van der Waals surface area contributed by atoms with E-state index in [1.54, 1.807) is 18.6 Å². The van der Waals surface area contributed by atoms with Crippen molar-refractivity contribution in [2.45, 2.75) is 39.3 Å². The molecule has 0 fully saturated rings. The van der Waals surface area contributed by atoms with E-state index in [1.165, 1.54) is 9.08 Å². The molecule has 0 saturated heterocycles. The van der Waals surface area contributed by atoms with Crippen LogP contribution in [-0.2, 0) is 6.54 Å². The summed E-state index contributed by atoms with van der Waals surface area (Å²) in [7, 11) is 0. The van der Waals surface area contributed by atoms with Gasteiger partial charge in [0.2, 0.25) is 0 Å². The Morgan fingerprint density at radius 3 is 2.83 bits per heavy atom. The topological polar surface area (TPSA) is 64.2 Å². The highest BCUT2D eigenvalue weighted by molar-refractivity contribution is 5.31. The van der Waals surface area contributed by atoms with E-state index in [0.29, 0.717) is 12.2 Å². The number of nitrogens with one attached hydrogen (secondary N) is 1. The van der Waals surface area contributed by atoms with E-state index in [-0.39, 0.29) is 11.2 Å². The fourth-order valence-corrected chi connectivity index (χ4v) is 1.72. The molecule has 6 heteroatoms. The number of hydrogen-bond donors (Lipinski definition) is 1. The molecule has 0 bridgehead atoms. The fourth-order valence-electron chi connectivity index (χ4n) is 1.72. The summed E-state index contributed by atoms with van der Waals surface area (Å²) in [4.78, 5) is 15.9. The molecule has 0 aliphatic heterocycles. The van der Waals surface area contributed by atoms with E-state index in [0.717, 1.165) is 13.0 Å². The summed E-state index contributed by atoms with van der Waals surface area (Å²) in [6, 6.07) is 0. The smallest absolute Gasteiger partial charge is 0.312 e. The van der Waals surface area contributed by atoms with Crippen molar-refractivity contribution in [1.82, 2.24) is 24.5 Å². The van der Waals surface area contributed by atoms with Crippen LogP contribution in [0, 0.1) is 0 Å². The molecule has 98 valence electrons. The first kappa shape index (κ1) is 12.8. The first-order valence-corrected chi connectivity index (χ1v) is 6.11. The lowest BCUT2D eigenvalue weighted by Crippen LogP contribution is -2.37. The van der Waals surface area contributed by atoms with Crippen LogP contribution in [0.3, 0.4) is 0 Å². The van der Waals surface area contributed by atoms with E-state index in [4.69, 9.17) is 0 Å². The number of rotatable bonds is 4. The predicted molar refractivity (Wildman–Crippen MR) is 69.6 cm³/mol. The average molecular weight is 249 g/mol. The molecule has 0 aliphatic rings. The Labute approximate surface area is 106 Å². The normalized spacial score (nSPS) is 12.2. The Kier molecular flexibility index (Phi) is 3.47. The number of aromatic nitrogens is 4. The molecule has 2 rings (SSSR count). The number of aryl methyl sites for hydroxylation is 1. The third-order valence-electron chi connectivity index (χ3n) is 2.59.